The summed E-state index contributed by atoms with van der Waals surface area (Å²) in [7, 11) is 0. The van der Waals surface area contributed by atoms with Crippen LogP contribution in [0.3, 0.4) is 0 Å². The molecule has 0 atom stereocenters. The number of carbonyl (C=O) groups excluding carboxylic acids is 2. The van der Waals surface area contributed by atoms with E-state index in [0.29, 0.717) is 11.5 Å². The quantitative estimate of drug-likeness (QED) is 0.0530. The highest BCUT2D eigenvalue weighted by atomic mass is 16.5. The largest absolute Gasteiger partial charge is 0.484 e. The summed E-state index contributed by atoms with van der Waals surface area (Å²) in [5, 5.41) is 0. The fraction of sp³-hybridized carbons (Fsp3) is 0.678. The van der Waals surface area contributed by atoms with Crippen LogP contribution in [0, 0.1) is 0 Å². The number of pyridine rings is 1. The second kappa shape index (κ2) is 37.2. The number of aromatic nitrogens is 1. The molecular weight excluding hydrogens is 815 g/mol. The topological polar surface area (TPSA) is 72.0 Å². The predicted molar refractivity (Wildman–Crippen MR) is 281 cm³/mol. The maximum atomic E-state index is 13.7. The second-order valence-corrected chi connectivity index (χ2v) is 19.0. The van der Waals surface area contributed by atoms with Gasteiger partial charge in [0.25, 0.3) is 11.8 Å². The fourth-order valence-electron chi connectivity index (χ4n) is 8.80. The molecule has 66 heavy (non-hydrogen) atoms. The lowest BCUT2D eigenvalue weighted by molar-refractivity contribution is -0.134. The van der Waals surface area contributed by atoms with Crippen LogP contribution in [0.25, 0.3) is 22.5 Å². The molecule has 3 aromatic rings. The Kier molecular flexibility index (Phi) is 31.8. The van der Waals surface area contributed by atoms with Gasteiger partial charge >= 0.3 is 0 Å². The Morgan fingerprint density at radius 3 is 1.08 bits per heavy atom. The van der Waals surface area contributed by atoms with Gasteiger partial charge in [-0.25, -0.2) is 4.98 Å². The van der Waals surface area contributed by atoms with E-state index in [1.54, 1.807) is 0 Å². The van der Waals surface area contributed by atoms with Crippen LogP contribution in [0.15, 0.2) is 60.7 Å². The van der Waals surface area contributed by atoms with Gasteiger partial charge in [0, 0.05) is 37.3 Å². The van der Waals surface area contributed by atoms with Gasteiger partial charge in [-0.1, -0.05) is 207 Å². The van der Waals surface area contributed by atoms with Crippen LogP contribution < -0.4 is 9.47 Å². The van der Waals surface area contributed by atoms with Gasteiger partial charge in [0.2, 0.25) is 0 Å². The van der Waals surface area contributed by atoms with E-state index in [2.05, 4.69) is 68.7 Å². The minimum absolute atomic E-state index is 0.0381. The second-order valence-electron chi connectivity index (χ2n) is 19.0. The van der Waals surface area contributed by atoms with Gasteiger partial charge in [-0.05, 0) is 80.5 Å². The summed E-state index contributed by atoms with van der Waals surface area (Å²) in [6.45, 7) is 14.6. The molecule has 2 amide bonds. The average molecular weight is 910 g/mol. The van der Waals surface area contributed by atoms with Gasteiger partial charge in [-0.15, -0.1) is 0 Å². The summed E-state index contributed by atoms with van der Waals surface area (Å²) >= 11 is 0. The molecule has 0 saturated carbocycles. The summed E-state index contributed by atoms with van der Waals surface area (Å²) in [6.07, 6.45) is 34.8. The third-order valence-corrected chi connectivity index (χ3v) is 13.0. The number of ether oxygens (including phenoxy) is 2. The first-order valence-electron chi connectivity index (χ1n) is 27.4. The maximum Gasteiger partial charge on any atom is 0.260 e. The molecule has 0 unspecified atom stereocenters. The summed E-state index contributed by atoms with van der Waals surface area (Å²) < 4.78 is 12.5. The van der Waals surface area contributed by atoms with Gasteiger partial charge < -0.3 is 19.3 Å². The predicted octanol–water partition coefficient (Wildman–Crippen LogP) is 16.4. The van der Waals surface area contributed by atoms with E-state index in [4.69, 9.17) is 14.5 Å². The SMILES string of the molecule is CCCCCCCCN(CCCCCCCC)C(=O)COc1cccc(-c2cc(CCCCCC)cc(-c3cccc(OCC(=O)N(CCCCCCCC)CCCCCCCC)c3)n2)c1. The van der Waals surface area contributed by atoms with E-state index >= 15 is 0 Å². The van der Waals surface area contributed by atoms with E-state index in [1.165, 1.54) is 153 Å². The number of hydrogen-bond donors (Lipinski definition) is 0. The molecule has 0 aliphatic carbocycles. The Bertz CT molecular complexity index is 1550. The van der Waals surface area contributed by atoms with E-state index in [0.717, 1.165) is 87.2 Å². The molecule has 7 heteroatoms. The van der Waals surface area contributed by atoms with E-state index in [1.807, 2.05) is 36.4 Å². The standard InChI is InChI=1S/C59H95N3O4/c1-6-11-16-21-25-30-41-61(42-31-26-22-17-12-7-2)58(63)49-65-54-39-34-37-52(47-54)56-45-51(36-29-20-15-10-5)46-57(60-56)53-38-35-40-55(48-53)66-50-59(64)62(43-32-27-23-18-13-8-3)44-33-28-24-19-14-9-4/h34-35,37-40,45-48H,6-33,36,41-44,49-50H2,1-5H3. The molecule has 2 aromatic carbocycles. The lowest BCUT2D eigenvalue weighted by Gasteiger charge is -2.23. The molecule has 0 fully saturated rings. The Balaban J connectivity index is 1.74. The number of carbonyl (C=O) groups is 2. The van der Waals surface area contributed by atoms with Crippen molar-refractivity contribution in [3.63, 3.8) is 0 Å². The van der Waals surface area contributed by atoms with Gasteiger partial charge in [0.1, 0.15) is 11.5 Å². The highest BCUT2D eigenvalue weighted by Crippen LogP contribution is 2.30. The monoisotopic (exact) mass is 910 g/mol. The van der Waals surface area contributed by atoms with Crippen molar-refractivity contribution in [2.75, 3.05) is 39.4 Å². The van der Waals surface area contributed by atoms with Crippen LogP contribution in [0.1, 0.15) is 220 Å². The maximum absolute atomic E-state index is 13.7. The van der Waals surface area contributed by atoms with Crippen molar-refractivity contribution in [2.45, 2.75) is 221 Å². The molecule has 0 aliphatic heterocycles. The fourth-order valence-corrected chi connectivity index (χ4v) is 8.80. The van der Waals surface area contributed by atoms with E-state index in [-0.39, 0.29) is 25.0 Å². The zero-order valence-corrected chi connectivity index (χ0v) is 43.0. The zero-order valence-electron chi connectivity index (χ0n) is 43.0. The molecule has 7 nitrogen and oxygen atoms in total. The van der Waals surface area contributed by atoms with E-state index in [9.17, 15) is 9.59 Å². The summed E-state index contributed by atoms with van der Waals surface area (Å²) in [5.41, 5.74) is 4.92. The van der Waals surface area contributed by atoms with Crippen molar-refractivity contribution in [3.05, 3.63) is 66.2 Å². The van der Waals surface area contributed by atoms with Crippen molar-refractivity contribution in [1.29, 1.82) is 0 Å². The van der Waals surface area contributed by atoms with Crippen LogP contribution in [-0.4, -0.2) is 66.0 Å². The normalized spacial score (nSPS) is 11.2. The van der Waals surface area contributed by atoms with Gasteiger partial charge in [-0.2, -0.15) is 0 Å². The third-order valence-electron chi connectivity index (χ3n) is 13.0. The molecule has 1 aromatic heterocycles. The summed E-state index contributed by atoms with van der Waals surface area (Å²) in [4.78, 5) is 36.7. The summed E-state index contributed by atoms with van der Waals surface area (Å²) in [6, 6.07) is 20.5. The van der Waals surface area contributed by atoms with Gasteiger partial charge in [0.15, 0.2) is 13.2 Å². The highest BCUT2D eigenvalue weighted by molar-refractivity contribution is 5.78. The Morgan fingerprint density at radius 2 is 0.727 bits per heavy atom. The average Bonchev–Trinajstić information content (AvgIpc) is 3.34. The third kappa shape index (κ3) is 24.8. The molecule has 0 saturated heterocycles. The molecule has 0 N–H and O–H groups in total. The Hall–Kier alpha value is -3.87. The first-order chi connectivity index (χ1) is 32.4. The van der Waals surface area contributed by atoms with E-state index < -0.39 is 0 Å². The van der Waals surface area contributed by atoms with Crippen molar-refractivity contribution < 1.29 is 19.1 Å². The zero-order chi connectivity index (χ0) is 47.3. The molecule has 0 aliphatic rings. The minimum atomic E-state index is 0.0381. The molecule has 0 spiro atoms. The van der Waals surface area contributed by atoms with Crippen molar-refractivity contribution >= 4 is 11.8 Å². The summed E-state index contributed by atoms with van der Waals surface area (Å²) in [5.74, 6) is 1.51. The van der Waals surface area contributed by atoms with Crippen molar-refractivity contribution in [3.8, 4) is 34.0 Å². The van der Waals surface area contributed by atoms with Crippen molar-refractivity contribution in [1.82, 2.24) is 14.8 Å². The van der Waals surface area contributed by atoms with Gasteiger partial charge in [-0.3, -0.25) is 9.59 Å². The van der Waals surface area contributed by atoms with Crippen LogP contribution in [-0.2, 0) is 16.0 Å². The number of aryl methyl sites for hydroxylation is 1. The number of unbranched alkanes of at least 4 members (excludes halogenated alkanes) is 23. The Labute approximate surface area is 404 Å². The lowest BCUT2D eigenvalue weighted by Crippen LogP contribution is -2.36. The minimum Gasteiger partial charge on any atom is -0.484 e. The number of hydrogen-bond acceptors (Lipinski definition) is 5. The van der Waals surface area contributed by atoms with Crippen LogP contribution >= 0.6 is 0 Å². The Morgan fingerprint density at radius 1 is 0.409 bits per heavy atom. The van der Waals surface area contributed by atoms with Crippen LogP contribution in [0.2, 0.25) is 0 Å². The smallest absolute Gasteiger partial charge is 0.260 e. The number of amides is 2. The number of benzene rings is 2. The molecule has 0 radical (unpaired) electrons. The molecule has 1 heterocycles. The molecular formula is C59H95N3O4. The van der Waals surface area contributed by atoms with Crippen LogP contribution in [0.4, 0.5) is 0 Å². The first-order valence-corrected chi connectivity index (χ1v) is 27.4. The van der Waals surface area contributed by atoms with Crippen LogP contribution in [0.5, 0.6) is 11.5 Å². The van der Waals surface area contributed by atoms with Gasteiger partial charge in [0.05, 0.1) is 11.4 Å². The highest BCUT2D eigenvalue weighted by Gasteiger charge is 2.17. The number of nitrogens with zero attached hydrogens (tertiary/aromatic N) is 3. The first kappa shape index (κ1) is 56.5. The molecule has 0 bridgehead atoms. The van der Waals surface area contributed by atoms with Crippen molar-refractivity contribution in [2.24, 2.45) is 0 Å². The molecule has 3 rings (SSSR count). The molecule has 370 valence electrons. The number of rotatable bonds is 41. The lowest BCUT2D eigenvalue weighted by atomic mass is 10.0.